The van der Waals surface area contributed by atoms with E-state index in [1.807, 2.05) is 6.08 Å². The van der Waals surface area contributed by atoms with Crippen molar-refractivity contribution in [3.05, 3.63) is 36.5 Å². The Balaban J connectivity index is 3.49. The zero-order valence-electron chi connectivity index (χ0n) is 51.0. The van der Waals surface area contributed by atoms with Crippen molar-refractivity contribution in [3.8, 4) is 0 Å². The molecule has 0 aliphatic carbocycles. The maximum atomic E-state index is 12.6. The van der Waals surface area contributed by atoms with Gasteiger partial charge in [0.2, 0.25) is 5.91 Å². The Kier molecular flexibility index (Phi) is 63.8. The Morgan fingerprint density at radius 1 is 0.320 bits per heavy atom. The third-order valence-electron chi connectivity index (χ3n) is 16.2. The number of nitrogens with one attached hydrogen (secondary N) is 1. The molecule has 0 saturated carbocycles. The summed E-state index contributed by atoms with van der Waals surface area (Å²) in [6, 6.07) is -0.821. The summed E-state index contributed by atoms with van der Waals surface area (Å²) in [6.07, 6.45) is 87.2. The summed E-state index contributed by atoms with van der Waals surface area (Å²) in [6.45, 7) is 4.21. The van der Waals surface area contributed by atoms with E-state index < -0.39 is 24.2 Å². The molecule has 3 atom stereocenters. The van der Waals surface area contributed by atoms with Crippen LogP contribution in [-0.2, 0) is 4.79 Å². The zero-order valence-corrected chi connectivity index (χ0v) is 51.0. The van der Waals surface area contributed by atoms with E-state index in [0.717, 1.165) is 44.9 Å². The number of rotatable bonds is 64. The van der Waals surface area contributed by atoms with Crippen LogP contribution in [0.3, 0.4) is 0 Å². The van der Waals surface area contributed by atoms with Crippen LogP contribution in [0.2, 0.25) is 0 Å². The maximum absolute atomic E-state index is 12.6. The van der Waals surface area contributed by atoms with Crippen LogP contribution < -0.4 is 5.32 Å². The van der Waals surface area contributed by atoms with E-state index in [1.165, 1.54) is 315 Å². The fraction of sp³-hybridized carbons (Fsp3) is 0.900. The van der Waals surface area contributed by atoms with Gasteiger partial charge in [-0.3, -0.25) is 4.79 Å². The van der Waals surface area contributed by atoms with Crippen molar-refractivity contribution in [2.24, 2.45) is 0 Å². The minimum absolute atomic E-state index is 0.378. The van der Waals surface area contributed by atoms with Gasteiger partial charge in [-0.15, -0.1) is 0 Å². The first-order chi connectivity index (χ1) is 37.1. The van der Waals surface area contributed by atoms with Gasteiger partial charge >= 0.3 is 0 Å². The Morgan fingerprint density at radius 3 is 0.813 bits per heavy atom. The van der Waals surface area contributed by atoms with Crippen molar-refractivity contribution in [1.29, 1.82) is 0 Å². The van der Waals surface area contributed by atoms with E-state index in [2.05, 4.69) is 43.5 Å². The predicted octanol–water partition coefficient (Wildman–Crippen LogP) is 22.1. The Morgan fingerprint density at radius 2 is 0.547 bits per heavy atom. The predicted molar refractivity (Wildman–Crippen MR) is 333 cm³/mol. The van der Waals surface area contributed by atoms with Crippen LogP contribution in [0.5, 0.6) is 0 Å². The quantitative estimate of drug-likeness (QED) is 0.0361. The molecule has 0 aromatic heterocycles. The number of carbonyl (C=O) groups is 1. The maximum Gasteiger partial charge on any atom is 0.249 e. The van der Waals surface area contributed by atoms with Crippen molar-refractivity contribution in [2.45, 2.75) is 398 Å². The van der Waals surface area contributed by atoms with Crippen LogP contribution in [0.25, 0.3) is 0 Å². The number of aliphatic hydroxyl groups excluding tert-OH is 3. The number of aliphatic hydroxyl groups is 3. The molecule has 0 aliphatic rings. The normalized spacial score (nSPS) is 13.3. The van der Waals surface area contributed by atoms with Gasteiger partial charge in [-0.05, 0) is 44.9 Å². The number of hydrogen-bond donors (Lipinski definition) is 4. The summed E-state index contributed by atoms with van der Waals surface area (Å²) >= 11 is 0. The van der Waals surface area contributed by atoms with E-state index in [9.17, 15) is 20.1 Å². The molecule has 0 aromatic carbocycles. The summed E-state index contributed by atoms with van der Waals surface area (Å²) in [4.78, 5) is 12.6. The van der Waals surface area contributed by atoms with Crippen LogP contribution in [0.15, 0.2) is 36.5 Å². The molecule has 444 valence electrons. The van der Waals surface area contributed by atoms with Crippen molar-refractivity contribution in [1.82, 2.24) is 5.32 Å². The molecule has 0 rings (SSSR count). The van der Waals surface area contributed by atoms with Crippen LogP contribution in [0.4, 0.5) is 0 Å². The monoisotopic (exact) mass is 1050 g/mol. The standard InChI is InChI=1S/C70H135NO4/c1-3-5-7-9-11-13-15-17-19-21-23-25-27-28-29-30-31-32-33-34-35-36-37-38-39-40-41-43-45-47-49-51-53-55-57-59-61-63-65-69(74)70(75)71-67(66-72)68(73)64-62-60-58-56-54-52-50-48-46-44-42-26-24-22-20-18-16-14-12-10-8-6-4-2/h46,48,54,56,62,64,67-69,72-74H,3-45,47,49-53,55,57-61,63,65-66H2,1-2H3,(H,71,75)/b48-46+,56-54+,64-62+. The van der Waals surface area contributed by atoms with E-state index >= 15 is 0 Å². The van der Waals surface area contributed by atoms with E-state index in [4.69, 9.17) is 0 Å². The number of amides is 1. The summed E-state index contributed by atoms with van der Waals surface area (Å²) in [5.74, 6) is -0.510. The highest BCUT2D eigenvalue weighted by molar-refractivity contribution is 5.80. The third-order valence-corrected chi connectivity index (χ3v) is 16.2. The molecule has 0 aliphatic heterocycles. The smallest absolute Gasteiger partial charge is 0.249 e. The number of hydrogen-bond acceptors (Lipinski definition) is 4. The van der Waals surface area contributed by atoms with Gasteiger partial charge in [0.15, 0.2) is 0 Å². The molecule has 0 fully saturated rings. The first kappa shape index (κ1) is 73.6. The number of allylic oxidation sites excluding steroid dienone is 5. The number of carbonyl (C=O) groups excluding carboxylic acids is 1. The average Bonchev–Trinajstić information content (AvgIpc) is 3.41. The molecule has 1 amide bonds. The summed E-state index contributed by atoms with van der Waals surface area (Å²) < 4.78 is 0. The molecular weight excluding hydrogens is 919 g/mol. The van der Waals surface area contributed by atoms with Crippen LogP contribution in [0, 0.1) is 0 Å². The topological polar surface area (TPSA) is 89.8 Å². The van der Waals surface area contributed by atoms with Crippen LogP contribution in [0.1, 0.15) is 380 Å². The van der Waals surface area contributed by atoms with Gasteiger partial charge in [0.25, 0.3) is 0 Å². The molecule has 5 heteroatoms. The molecule has 4 N–H and O–H groups in total. The largest absolute Gasteiger partial charge is 0.394 e. The molecule has 3 unspecified atom stereocenters. The SMILES string of the molecule is CCCCCCCCCCCCCCC/C=C/CC/C=C/CC/C=C/C(O)C(CO)NC(=O)C(O)CCCCCCCCCCCCCCCCCCCCCCCCCCCCCCCCCCCCCCCC. The highest BCUT2D eigenvalue weighted by Gasteiger charge is 2.22. The van der Waals surface area contributed by atoms with Crippen molar-refractivity contribution >= 4 is 5.91 Å². The van der Waals surface area contributed by atoms with Gasteiger partial charge in [-0.1, -0.05) is 371 Å². The van der Waals surface area contributed by atoms with Gasteiger partial charge in [-0.25, -0.2) is 0 Å². The summed E-state index contributed by atoms with van der Waals surface area (Å²) in [5, 5.41) is 33.5. The first-order valence-electron chi connectivity index (χ1n) is 34.3. The lowest BCUT2D eigenvalue weighted by atomic mass is 10.0. The lowest BCUT2D eigenvalue weighted by molar-refractivity contribution is -0.131. The molecular formula is C70H135NO4. The Hall–Kier alpha value is -1.43. The first-order valence-corrected chi connectivity index (χ1v) is 34.3. The van der Waals surface area contributed by atoms with Gasteiger partial charge in [0, 0.05) is 0 Å². The van der Waals surface area contributed by atoms with Gasteiger partial charge in [0.1, 0.15) is 6.10 Å². The highest BCUT2D eigenvalue weighted by atomic mass is 16.3. The third kappa shape index (κ3) is 60.1. The average molecular weight is 1050 g/mol. The molecule has 0 heterocycles. The molecule has 0 spiro atoms. The fourth-order valence-corrected chi connectivity index (χ4v) is 10.9. The second-order valence-electron chi connectivity index (χ2n) is 23.7. The van der Waals surface area contributed by atoms with Gasteiger partial charge in [-0.2, -0.15) is 0 Å². The second-order valence-corrected chi connectivity index (χ2v) is 23.7. The summed E-state index contributed by atoms with van der Waals surface area (Å²) in [5.41, 5.74) is 0. The minimum Gasteiger partial charge on any atom is -0.394 e. The zero-order chi connectivity index (χ0) is 54.3. The molecule has 0 saturated heterocycles. The molecule has 0 aromatic rings. The highest BCUT2D eigenvalue weighted by Crippen LogP contribution is 2.19. The second kappa shape index (κ2) is 65.1. The van der Waals surface area contributed by atoms with Gasteiger partial charge < -0.3 is 20.6 Å². The molecule has 0 bridgehead atoms. The molecule has 75 heavy (non-hydrogen) atoms. The van der Waals surface area contributed by atoms with Crippen LogP contribution >= 0.6 is 0 Å². The van der Waals surface area contributed by atoms with Crippen LogP contribution in [-0.4, -0.2) is 46.1 Å². The van der Waals surface area contributed by atoms with Gasteiger partial charge in [0.05, 0.1) is 18.8 Å². The lowest BCUT2D eigenvalue weighted by Gasteiger charge is -2.21. The van der Waals surface area contributed by atoms with Crippen molar-refractivity contribution in [2.75, 3.05) is 6.61 Å². The van der Waals surface area contributed by atoms with Crippen molar-refractivity contribution < 1.29 is 20.1 Å². The number of unbranched alkanes of at least 4 members (excludes halogenated alkanes) is 52. The summed E-state index contributed by atoms with van der Waals surface area (Å²) in [7, 11) is 0. The van der Waals surface area contributed by atoms with Crippen molar-refractivity contribution in [3.63, 3.8) is 0 Å². The fourth-order valence-electron chi connectivity index (χ4n) is 10.9. The lowest BCUT2D eigenvalue weighted by Crippen LogP contribution is -2.48. The van der Waals surface area contributed by atoms with E-state index in [-0.39, 0.29) is 6.61 Å². The van der Waals surface area contributed by atoms with E-state index in [1.54, 1.807) is 6.08 Å². The Bertz CT molecular complexity index is 1170. The molecule has 0 radical (unpaired) electrons. The van der Waals surface area contributed by atoms with E-state index in [0.29, 0.717) is 6.42 Å². The molecule has 5 nitrogen and oxygen atoms in total. The Labute approximate surface area is 470 Å². The minimum atomic E-state index is -1.11.